The van der Waals surface area contributed by atoms with Gasteiger partial charge in [-0.25, -0.2) is 0 Å². The first-order chi connectivity index (χ1) is 14.1. The zero-order valence-corrected chi connectivity index (χ0v) is 20.4. The van der Waals surface area contributed by atoms with Gasteiger partial charge in [-0.3, -0.25) is 0 Å². The van der Waals surface area contributed by atoms with E-state index in [1.54, 1.807) is 72.8 Å². The molecule has 0 heterocycles. The van der Waals surface area contributed by atoms with E-state index in [1.807, 2.05) is 18.2 Å². The third kappa shape index (κ3) is 3.26. The molecule has 3 aromatic carbocycles. The molecule has 0 saturated carbocycles. The maximum atomic E-state index is 13.9. The molecule has 0 fully saturated rings. The van der Waals surface area contributed by atoms with Gasteiger partial charge in [0.05, 0.1) is 0 Å². The Hall–Kier alpha value is -1.94. The Labute approximate surface area is 180 Å². The van der Waals surface area contributed by atoms with E-state index in [9.17, 15) is 9.59 Å². The van der Waals surface area contributed by atoms with Crippen LogP contribution in [0.1, 0.15) is 0 Å². The third-order valence-corrected chi connectivity index (χ3v) is 27.3. The van der Waals surface area contributed by atoms with Crippen LogP contribution in [-0.2, 0) is 9.47 Å². The fourth-order valence-electron chi connectivity index (χ4n) is 3.68. The quantitative estimate of drug-likeness (QED) is 0.295. The summed E-state index contributed by atoms with van der Waals surface area (Å²) >= 11 is 5.65. The summed E-state index contributed by atoms with van der Waals surface area (Å²) in [5, 5.41) is 0. The first kappa shape index (κ1) is 21.8. The molecule has 0 spiro atoms. The standard InChI is InChI=1S/3C6H5.2C2H2ClO2.Bi/c3*1-2-4-6-5-3-1;2*3-1-5-2-4;/h3*1-5H;2*1H2;. The summed E-state index contributed by atoms with van der Waals surface area (Å²) in [6.07, 6.45) is 0. The van der Waals surface area contributed by atoms with E-state index in [0.29, 0.717) is 9.81 Å². The van der Waals surface area contributed by atoms with Crippen LogP contribution in [0.2, 0.25) is 0 Å². The van der Waals surface area contributed by atoms with Gasteiger partial charge in [0.15, 0.2) is 0 Å². The summed E-state index contributed by atoms with van der Waals surface area (Å²) in [6.45, 7) is 0. The molecular weight excluding hydrogens is 608 g/mol. The monoisotopic (exact) mass is 626 g/mol. The van der Waals surface area contributed by atoms with Crippen molar-refractivity contribution >= 4 is 59.2 Å². The van der Waals surface area contributed by atoms with E-state index in [1.165, 1.54) is 0 Å². The number of benzene rings is 3. The van der Waals surface area contributed by atoms with Crippen molar-refractivity contribution in [2.45, 2.75) is 0 Å². The van der Waals surface area contributed by atoms with Crippen molar-refractivity contribution in [2.24, 2.45) is 0 Å². The first-order valence-corrected chi connectivity index (χ1v) is 18.5. The molecule has 3 rings (SSSR count). The van der Waals surface area contributed by atoms with Gasteiger partial charge in [-0.2, -0.15) is 0 Å². The van der Waals surface area contributed by atoms with Gasteiger partial charge < -0.3 is 0 Å². The molecule has 29 heavy (non-hydrogen) atoms. The second-order valence-electron chi connectivity index (χ2n) is 6.16. The fraction of sp³-hybridized carbons (Fsp3) is 0.0909. The number of ether oxygens (including phenoxy) is 2. The Morgan fingerprint density at radius 2 is 0.862 bits per heavy atom. The van der Waals surface area contributed by atoms with Crippen LogP contribution >= 0.6 is 23.2 Å². The van der Waals surface area contributed by atoms with Gasteiger partial charge in [-0.05, 0) is 0 Å². The van der Waals surface area contributed by atoms with Crippen LogP contribution in [-0.4, -0.2) is 38.3 Å². The summed E-state index contributed by atoms with van der Waals surface area (Å²) in [6, 6.07) is 26.1. The molecule has 0 aliphatic rings. The van der Waals surface area contributed by atoms with Crippen LogP contribution in [0.25, 0.3) is 0 Å². The number of hydrogen-bond acceptors (Lipinski definition) is 4. The predicted molar refractivity (Wildman–Crippen MR) is 118 cm³/mol. The van der Waals surface area contributed by atoms with Crippen molar-refractivity contribution in [2.75, 3.05) is 12.1 Å². The van der Waals surface area contributed by atoms with E-state index in [2.05, 4.69) is 0 Å². The molecule has 0 amide bonds. The number of rotatable bonds is 7. The number of alkyl halides is 2. The zero-order chi connectivity index (χ0) is 20.8. The van der Waals surface area contributed by atoms with E-state index in [4.69, 9.17) is 32.7 Å². The van der Waals surface area contributed by atoms with Crippen molar-refractivity contribution in [3.63, 3.8) is 0 Å². The number of carbonyl (C=O) groups excluding carboxylic acids is 2. The van der Waals surface area contributed by atoms with Crippen molar-refractivity contribution in [1.82, 2.24) is 0 Å². The number of carbonyl (C=O) groups is 2. The third-order valence-electron chi connectivity index (χ3n) is 4.90. The van der Waals surface area contributed by atoms with Gasteiger partial charge >= 0.3 is 181 Å². The van der Waals surface area contributed by atoms with Crippen LogP contribution in [0.15, 0.2) is 91.0 Å². The molecule has 0 atom stereocenters. The average Bonchev–Trinajstić information content (AvgIpc) is 2.77. The van der Waals surface area contributed by atoms with Gasteiger partial charge in [-0.15, -0.1) is 0 Å². The molecule has 0 N–H and O–H groups in total. The van der Waals surface area contributed by atoms with Gasteiger partial charge in [-0.1, -0.05) is 0 Å². The first-order valence-electron chi connectivity index (χ1n) is 8.78. The molecule has 0 bridgehead atoms. The molecule has 0 aliphatic carbocycles. The van der Waals surface area contributed by atoms with Gasteiger partial charge in [0.1, 0.15) is 0 Å². The molecule has 0 saturated heterocycles. The molecule has 0 aromatic heterocycles. The molecule has 0 unspecified atom stereocenters. The zero-order valence-electron chi connectivity index (χ0n) is 15.4. The molecule has 4 nitrogen and oxygen atoms in total. The Morgan fingerprint density at radius 1 is 0.586 bits per heavy atom. The fourth-order valence-corrected chi connectivity index (χ4v) is 25.0. The molecule has 3 aromatic rings. The Morgan fingerprint density at radius 3 is 1.10 bits per heavy atom. The Bertz CT molecular complexity index is 860. The van der Waals surface area contributed by atoms with E-state index < -0.39 is 26.1 Å². The summed E-state index contributed by atoms with van der Waals surface area (Å²) in [7, 11) is 0. The van der Waals surface area contributed by atoms with E-state index in [-0.39, 0.29) is 12.1 Å². The van der Waals surface area contributed by atoms with Crippen LogP contribution in [0.4, 0.5) is 9.59 Å². The van der Waals surface area contributed by atoms with E-state index >= 15 is 0 Å². The summed E-state index contributed by atoms with van der Waals surface area (Å²) in [4.78, 5) is 27.9. The Balaban J connectivity index is 2.62. The van der Waals surface area contributed by atoms with Gasteiger partial charge in [0.25, 0.3) is 0 Å². The molecule has 150 valence electrons. The van der Waals surface area contributed by atoms with Crippen molar-refractivity contribution in [3.8, 4) is 0 Å². The van der Waals surface area contributed by atoms with Crippen LogP contribution < -0.4 is 9.81 Å². The van der Waals surface area contributed by atoms with Gasteiger partial charge in [0, 0.05) is 0 Å². The van der Waals surface area contributed by atoms with Crippen molar-refractivity contribution in [3.05, 3.63) is 91.0 Å². The maximum absolute atomic E-state index is 13.9. The predicted octanol–water partition coefficient (Wildman–Crippen LogP) is 3.94. The topological polar surface area (TPSA) is 52.6 Å². The molecule has 0 radical (unpaired) electrons. The number of halogens is 2. The molecule has 7 heteroatoms. The summed E-state index contributed by atoms with van der Waals surface area (Å²) < 4.78 is 11.2. The second kappa shape index (κ2) is 9.25. The molecule has 0 aliphatic heterocycles. The minimum atomic E-state index is -5.99. The van der Waals surface area contributed by atoms with Crippen LogP contribution in [0, 0.1) is 0 Å². The van der Waals surface area contributed by atoms with Gasteiger partial charge in [0.2, 0.25) is 0 Å². The Kier molecular flexibility index (Phi) is 6.94. The minimum absolute atomic E-state index is 0.385. The SMILES string of the molecule is O=[C](OCCl)[Bi]([C](=O)OCCl)([c]1ccccc1)([c]1ccccc1)[c]1ccccc1. The number of hydrogen-bond donors (Lipinski definition) is 0. The summed E-state index contributed by atoms with van der Waals surface area (Å²) in [5.74, 6) is 0. The van der Waals surface area contributed by atoms with Crippen molar-refractivity contribution in [1.29, 1.82) is 0 Å². The average molecular weight is 627 g/mol. The second-order valence-corrected chi connectivity index (χ2v) is 24.2. The van der Waals surface area contributed by atoms with Crippen LogP contribution in [0.5, 0.6) is 0 Å². The summed E-state index contributed by atoms with van der Waals surface area (Å²) in [5.41, 5.74) is 0. The molecular formula is C22H19BiCl2O4. The normalized spacial score (nSPS) is 12.4. The van der Waals surface area contributed by atoms with Crippen LogP contribution in [0.3, 0.4) is 0 Å². The van der Waals surface area contributed by atoms with E-state index in [0.717, 1.165) is 0 Å². The van der Waals surface area contributed by atoms with Crippen molar-refractivity contribution < 1.29 is 19.1 Å².